The van der Waals surface area contributed by atoms with Crippen LogP contribution in [-0.4, -0.2) is 116 Å². The zero-order chi connectivity index (χ0) is 29.0. The number of nitrogens with one attached hydrogen (secondary N) is 1. The van der Waals surface area contributed by atoms with E-state index < -0.39 is 0 Å². The molecule has 0 unspecified atom stereocenters. The van der Waals surface area contributed by atoms with Crippen molar-refractivity contribution in [2.24, 2.45) is 11.8 Å². The fourth-order valence-corrected chi connectivity index (χ4v) is 6.28. The quantitative estimate of drug-likeness (QED) is 0.523. The number of nitrogens with zero attached hydrogens (tertiary/aromatic N) is 3. The van der Waals surface area contributed by atoms with E-state index in [-0.39, 0.29) is 41.9 Å². The van der Waals surface area contributed by atoms with Crippen molar-refractivity contribution < 1.29 is 33.8 Å². The fraction of sp³-hybridized carbons (Fsp3) is 0.667. The second kappa shape index (κ2) is 15.7. The van der Waals surface area contributed by atoms with Crippen LogP contribution in [0.4, 0.5) is 0 Å². The summed E-state index contributed by atoms with van der Waals surface area (Å²) in [5, 5.41) is 10.0. The van der Waals surface area contributed by atoms with Gasteiger partial charge in [-0.15, -0.1) is 0 Å². The Bertz CT molecular complexity index is 1030. The first-order valence-corrected chi connectivity index (χ1v) is 14.9. The average molecular weight is 573 g/mol. The number of carboxylic acid groups (broad SMARTS) is 1. The molecule has 0 radical (unpaired) electrons. The predicted octanol–water partition coefficient (Wildman–Crippen LogP) is 1.57. The highest BCUT2D eigenvalue weighted by Gasteiger charge is 2.42. The van der Waals surface area contributed by atoms with E-state index in [9.17, 15) is 14.4 Å². The maximum absolute atomic E-state index is 13.4. The molecule has 1 aromatic carbocycles. The minimum Gasteiger partial charge on any atom is -0.492 e. The number of hydrogen-bond donors (Lipinski definition) is 2. The first-order chi connectivity index (χ1) is 20.0. The SMILES string of the molecule is O=C1NCCCN(C(=O)CN2CCCCC2)CCOc2cccc(c2)[C@H]2CN(C(=O)C3CCOCC3)C[C@H]12.O=CO. The van der Waals surface area contributed by atoms with Crippen LogP contribution in [0.3, 0.4) is 0 Å². The summed E-state index contributed by atoms with van der Waals surface area (Å²) in [4.78, 5) is 54.2. The van der Waals surface area contributed by atoms with Crippen molar-refractivity contribution in [1.82, 2.24) is 20.0 Å². The molecule has 4 aliphatic rings. The third-order valence-corrected chi connectivity index (χ3v) is 8.52. The maximum Gasteiger partial charge on any atom is 0.290 e. The van der Waals surface area contributed by atoms with Gasteiger partial charge in [0, 0.05) is 51.2 Å². The summed E-state index contributed by atoms with van der Waals surface area (Å²) in [6.07, 6.45) is 5.72. The van der Waals surface area contributed by atoms with Crippen LogP contribution in [0.1, 0.15) is 50.0 Å². The summed E-state index contributed by atoms with van der Waals surface area (Å²) < 4.78 is 11.5. The standard InChI is InChI=1S/C29H42N4O5.CH2O2/c34-27(21-31-11-2-1-3-12-31)32-13-5-10-30-28(35)26-20-33(29(36)22-8-15-37-16-9-22)19-25(26)23-6-4-7-24(18-23)38-17-14-32;2-1-3/h4,6-7,18,22,25-26H,1-3,5,8-17,19-21H2,(H,30,35);1H,(H,2,3)/t25-,26+;/m1./s1. The Balaban J connectivity index is 0.00000124. The molecule has 0 spiro atoms. The van der Waals surface area contributed by atoms with Crippen LogP contribution in [0.2, 0.25) is 0 Å². The summed E-state index contributed by atoms with van der Waals surface area (Å²) in [7, 11) is 0. The number of ether oxygens (including phenoxy) is 2. The van der Waals surface area contributed by atoms with Crippen molar-refractivity contribution in [3.05, 3.63) is 29.8 Å². The van der Waals surface area contributed by atoms with Gasteiger partial charge in [-0.25, -0.2) is 0 Å². The van der Waals surface area contributed by atoms with E-state index in [4.69, 9.17) is 19.4 Å². The lowest BCUT2D eigenvalue weighted by Gasteiger charge is -2.30. The molecule has 11 heteroatoms. The van der Waals surface area contributed by atoms with Crippen LogP contribution in [0.5, 0.6) is 5.75 Å². The van der Waals surface area contributed by atoms with Crippen molar-refractivity contribution in [2.45, 2.75) is 44.4 Å². The lowest BCUT2D eigenvalue weighted by atomic mass is 9.88. The molecule has 4 heterocycles. The molecule has 3 saturated heterocycles. The third-order valence-electron chi connectivity index (χ3n) is 8.52. The Morgan fingerprint density at radius 1 is 0.951 bits per heavy atom. The van der Waals surface area contributed by atoms with Gasteiger partial charge in [0.25, 0.3) is 6.47 Å². The Morgan fingerprint density at radius 3 is 2.44 bits per heavy atom. The molecule has 41 heavy (non-hydrogen) atoms. The molecule has 0 saturated carbocycles. The number of rotatable bonds is 3. The van der Waals surface area contributed by atoms with E-state index in [0.29, 0.717) is 65.5 Å². The summed E-state index contributed by atoms with van der Waals surface area (Å²) in [5.74, 6) is 0.566. The van der Waals surface area contributed by atoms with Gasteiger partial charge in [-0.3, -0.25) is 24.1 Å². The topological polar surface area (TPSA) is 129 Å². The van der Waals surface area contributed by atoms with Gasteiger partial charge in [0.05, 0.1) is 19.0 Å². The maximum atomic E-state index is 13.4. The van der Waals surface area contributed by atoms with Crippen LogP contribution in [-0.2, 0) is 23.9 Å². The van der Waals surface area contributed by atoms with E-state index in [2.05, 4.69) is 10.2 Å². The molecular formula is C30H44N4O7. The lowest BCUT2D eigenvalue weighted by molar-refractivity contribution is -0.137. The van der Waals surface area contributed by atoms with Gasteiger partial charge in [0.1, 0.15) is 12.4 Å². The molecule has 3 fully saturated rings. The molecule has 1 aromatic rings. The largest absolute Gasteiger partial charge is 0.492 e. The third kappa shape index (κ3) is 8.65. The lowest BCUT2D eigenvalue weighted by Crippen LogP contribution is -2.45. The van der Waals surface area contributed by atoms with Crippen LogP contribution in [0, 0.1) is 11.8 Å². The first-order valence-electron chi connectivity index (χ1n) is 14.9. The monoisotopic (exact) mass is 572 g/mol. The number of amides is 3. The van der Waals surface area contributed by atoms with Crippen LogP contribution in [0.15, 0.2) is 24.3 Å². The van der Waals surface area contributed by atoms with Gasteiger partial charge >= 0.3 is 0 Å². The van der Waals surface area contributed by atoms with Crippen molar-refractivity contribution in [1.29, 1.82) is 0 Å². The fourth-order valence-electron chi connectivity index (χ4n) is 6.28. The van der Waals surface area contributed by atoms with Gasteiger partial charge in [0.2, 0.25) is 17.7 Å². The van der Waals surface area contributed by atoms with E-state index in [0.717, 1.165) is 50.1 Å². The molecule has 11 nitrogen and oxygen atoms in total. The van der Waals surface area contributed by atoms with E-state index in [1.807, 2.05) is 34.1 Å². The van der Waals surface area contributed by atoms with Crippen LogP contribution < -0.4 is 10.1 Å². The minimum absolute atomic E-state index is 0.0214. The molecule has 5 rings (SSSR count). The molecule has 0 aliphatic carbocycles. The molecule has 226 valence electrons. The molecule has 0 aromatic heterocycles. The van der Waals surface area contributed by atoms with Gasteiger partial charge in [-0.05, 0) is 62.9 Å². The molecule has 2 bridgehead atoms. The zero-order valence-corrected chi connectivity index (χ0v) is 23.9. The minimum atomic E-state index is -0.311. The van der Waals surface area contributed by atoms with Gasteiger partial charge in [-0.2, -0.15) is 0 Å². The Hall–Kier alpha value is -3.18. The van der Waals surface area contributed by atoms with E-state index >= 15 is 0 Å². The molecular weight excluding hydrogens is 528 g/mol. The highest BCUT2D eigenvalue weighted by Crippen LogP contribution is 2.36. The van der Waals surface area contributed by atoms with Crippen molar-refractivity contribution >= 4 is 24.2 Å². The number of carbonyl (C=O) groups is 4. The number of likely N-dealkylation sites (tertiary alicyclic amines) is 2. The number of piperidine rings is 1. The van der Waals surface area contributed by atoms with Crippen LogP contribution >= 0.6 is 0 Å². The summed E-state index contributed by atoms with van der Waals surface area (Å²) in [6.45, 7) is 6.39. The van der Waals surface area contributed by atoms with E-state index in [1.165, 1.54) is 6.42 Å². The number of fused-ring (bicyclic) bond motifs is 4. The molecule has 2 atom stereocenters. The van der Waals surface area contributed by atoms with Gasteiger partial charge < -0.3 is 29.7 Å². The van der Waals surface area contributed by atoms with Crippen LogP contribution in [0.25, 0.3) is 0 Å². The summed E-state index contributed by atoms with van der Waals surface area (Å²) >= 11 is 0. The first kappa shape index (κ1) is 30.8. The molecule has 4 aliphatic heterocycles. The second-order valence-corrected chi connectivity index (χ2v) is 11.2. The zero-order valence-electron chi connectivity index (χ0n) is 23.9. The summed E-state index contributed by atoms with van der Waals surface area (Å²) in [5.41, 5.74) is 1.01. The predicted molar refractivity (Wildman–Crippen MR) is 151 cm³/mol. The van der Waals surface area contributed by atoms with Crippen molar-refractivity contribution in [3.63, 3.8) is 0 Å². The highest BCUT2D eigenvalue weighted by molar-refractivity contribution is 5.84. The van der Waals surface area contributed by atoms with Crippen molar-refractivity contribution in [2.75, 3.05) is 72.2 Å². The smallest absolute Gasteiger partial charge is 0.290 e. The Labute approximate surface area is 242 Å². The number of carbonyl (C=O) groups excluding carboxylic acids is 3. The molecule has 2 N–H and O–H groups in total. The molecule has 3 amide bonds. The van der Waals surface area contributed by atoms with Gasteiger partial charge in [-0.1, -0.05) is 18.6 Å². The average Bonchev–Trinajstić information content (AvgIpc) is 3.45. The number of hydrogen-bond acceptors (Lipinski definition) is 7. The Morgan fingerprint density at radius 2 is 1.68 bits per heavy atom. The second-order valence-electron chi connectivity index (χ2n) is 11.2. The Kier molecular flexibility index (Phi) is 11.8. The highest BCUT2D eigenvalue weighted by atomic mass is 16.5. The normalized spacial score (nSPS) is 24.5. The van der Waals surface area contributed by atoms with Crippen molar-refractivity contribution in [3.8, 4) is 5.75 Å². The van der Waals surface area contributed by atoms with Gasteiger partial charge in [0.15, 0.2) is 0 Å². The summed E-state index contributed by atoms with van der Waals surface area (Å²) in [6, 6.07) is 7.90. The number of benzene rings is 1. The van der Waals surface area contributed by atoms with E-state index in [1.54, 1.807) is 0 Å².